The summed E-state index contributed by atoms with van der Waals surface area (Å²) in [5.41, 5.74) is 3.66. The highest BCUT2D eigenvalue weighted by Crippen LogP contribution is 2.15. The second kappa shape index (κ2) is 13.7. The van der Waals surface area contributed by atoms with E-state index >= 15 is 0 Å². The Hall–Kier alpha value is -1.47. The fourth-order valence-electron chi connectivity index (χ4n) is 2.85. The average Bonchev–Trinajstić information content (AvgIpc) is 3.21. The fourth-order valence-corrected chi connectivity index (χ4v) is 3.48. The predicted octanol–water partition coefficient (Wildman–Crippen LogP) is 6.11. The molecule has 0 aliphatic heterocycles. The number of aryl methyl sites for hydroxylation is 1. The van der Waals surface area contributed by atoms with Gasteiger partial charge < -0.3 is 10.6 Å². The van der Waals surface area contributed by atoms with Crippen LogP contribution in [0, 0.1) is 5.41 Å². The first-order chi connectivity index (χ1) is 12.8. The van der Waals surface area contributed by atoms with Crippen molar-refractivity contribution in [2.45, 2.75) is 19.3 Å². The number of nitrogens with one attached hydrogen (secondary N) is 3. The van der Waals surface area contributed by atoms with Crippen molar-refractivity contribution in [2.75, 3.05) is 18.4 Å². The zero-order chi connectivity index (χ0) is 18.0. The van der Waals surface area contributed by atoms with Crippen LogP contribution in [0.25, 0.3) is 0 Å². The van der Waals surface area contributed by atoms with Crippen molar-refractivity contribution in [1.82, 2.24) is 5.32 Å². The van der Waals surface area contributed by atoms with Crippen molar-refractivity contribution < 1.29 is 0 Å². The Kier molecular flexibility index (Phi) is 12.0. The number of benzene rings is 2. The molecule has 1 heterocycles. The van der Waals surface area contributed by atoms with E-state index in [9.17, 15) is 0 Å². The maximum Gasteiger partial charge on any atom is 0.140 e. The third-order valence-electron chi connectivity index (χ3n) is 4.22. The van der Waals surface area contributed by atoms with Gasteiger partial charge in [0.2, 0.25) is 0 Å². The van der Waals surface area contributed by atoms with Crippen LogP contribution in [-0.2, 0) is 12.8 Å². The molecule has 3 nitrogen and oxygen atoms in total. The summed E-state index contributed by atoms with van der Waals surface area (Å²) in [6, 6.07) is 22.9. The van der Waals surface area contributed by atoms with E-state index in [1.54, 1.807) is 11.3 Å². The van der Waals surface area contributed by atoms with E-state index in [0.717, 1.165) is 42.9 Å². The smallest absolute Gasteiger partial charge is 0.140 e. The minimum Gasteiger partial charge on any atom is -0.340 e. The van der Waals surface area contributed by atoms with Crippen molar-refractivity contribution in [3.05, 3.63) is 88.1 Å². The Balaban J connectivity index is 0.00000196. The number of anilines is 1. The second-order valence-electron chi connectivity index (χ2n) is 6.27. The van der Waals surface area contributed by atoms with E-state index in [1.807, 2.05) is 23.6 Å². The lowest BCUT2D eigenvalue weighted by Crippen LogP contribution is -2.19. The van der Waals surface area contributed by atoms with Gasteiger partial charge >= 0.3 is 0 Å². The van der Waals surface area contributed by atoms with Crippen molar-refractivity contribution in [3.8, 4) is 0 Å². The molecule has 150 valence electrons. The number of rotatable bonds is 9. The highest BCUT2D eigenvalue weighted by Gasteiger charge is 2.03. The molecule has 3 N–H and O–H groups in total. The normalized spacial score (nSPS) is 9.86. The van der Waals surface area contributed by atoms with Gasteiger partial charge in [0, 0.05) is 5.69 Å². The van der Waals surface area contributed by atoms with Crippen LogP contribution < -0.4 is 10.6 Å². The van der Waals surface area contributed by atoms with Gasteiger partial charge in [0.05, 0.1) is 4.88 Å². The monoisotopic (exact) mass is 523 g/mol. The number of amidine groups is 1. The zero-order valence-corrected chi connectivity index (χ0v) is 19.9. The van der Waals surface area contributed by atoms with E-state index in [1.165, 1.54) is 11.1 Å². The van der Waals surface area contributed by atoms with Gasteiger partial charge in [-0.25, -0.2) is 0 Å². The first-order valence-corrected chi connectivity index (χ1v) is 9.92. The molecular formula is C22H27Br2N3S. The lowest BCUT2D eigenvalue weighted by atomic mass is 10.1. The molecule has 0 fully saturated rings. The highest BCUT2D eigenvalue weighted by atomic mass is 79.9. The largest absolute Gasteiger partial charge is 0.340 e. The van der Waals surface area contributed by atoms with Crippen molar-refractivity contribution in [1.29, 1.82) is 5.41 Å². The summed E-state index contributed by atoms with van der Waals surface area (Å²) < 4.78 is 0. The molecule has 2 aromatic carbocycles. The van der Waals surface area contributed by atoms with Gasteiger partial charge in [-0.2, -0.15) is 0 Å². The summed E-state index contributed by atoms with van der Waals surface area (Å²) in [7, 11) is 0. The Morgan fingerprint density at radius 3 is 2.36 bits per heavy atom. The van der Waals surface area contributed by atoms with Gasteiger partial charge in [0.1, 0.15) is 5.84 Å². The van der Waals surface area contributed by atoms with Crippen molar-refractivity contribution in [3.63, 3.8) is 0 Å². The molecule has 0 aliphatic rings. The minimum absolute atomic E-state index is 0. The average molecular weight is 525 g/mol. The maximum absolute atomic E-state index is 8.13. The number of hydrogen-bond donors (Lipinski definition) is 3. The number of halogens is 2. The summed E-state index contributed by atoms with van der Waals surface area (Å²) in [5, 5.41) is 16.8. The number of hydrogen-bond acceptors (Lipinski definition) is 3. The molecule has 0 saturated heterocycles. The Morgan fingerprint density at radius 2 is 1.61 bits per heavy atom. The van der Waals surface area contributed by atoms with Crippen LogP contribution in [0.15, 0.2) is 72.1 Å². The van der Waals surface area contributed by atoms with Crippen LogP contribution in [0.2, 0.25) is 0 Å². The van der Waals surface area contributed by atoms with Crippen molar-refractivity contribution in [2.24, 2.45) is 0 Å². The Labute approximate surface area is 192 Å². The maximum atomic E-state index is 8.13. The molecule has 28 heavy (non-hydrogen) atoms. The lowest BCUT2D eigenvalue weighted by Gasteiger charge is -2.09. The zero-order valence-electron chi connectivity index (χ0n) is 15.7. The SMILES string of the molecule is Br.Br.N=C(Nc1cccc(CCNCCCc2ccccc2)c1)c1cccs1. The standard InChI is InChI=1S/C22H25N3S.2BrH/c23-22(21-12-6-16-26-21)25-20-11-4-9-19(17-20)13-15-24-14-5-10-18-7-2-1-3-8-18;;/h1-4,6-9,11-12,16-17,24H,5,10,13-15H2,(H2,23,25);2*1H. The molecule has 0 radical (unpaired) electrons. The third kappa shape index (κ3) is 8.27. The molecule has 6 heteroatoms. The van der Waals surface area contributed by atoms with Gasteiger partial charge in [0.15, 0.2) is 0 Å². The first-order valence-electron chi connectivity index (χ1n) is 9.04. The van der Waals surface area contributed by atoms with Gasteiger partial charge in [-0.05, 0) is 67.1 Å². The Morgan fingerprint density at radius 1 is 0.821 bits per heavy atom. The molecule has 0 amide bonds. The van der Waals surface area contributed by atoms with Crippen LogP contribution in [0.5, 0.6) is 0 Å². The van der Waals surface area contributed by atoms with E-state index < -0.39 is 0 Å². The summed E-state index contributed by atoms with van der Waals surface area (Å²) in [5.74, 6) is 0.455. The van der Waals surface area contributed by atoms with E-state index in [-0.39, 0.29) is 34.0 Å². The van der Waals surface area contributed by atoms with E-state index in [2.05, 4.69) is 59.2 Å². The molecule has 3 rings (SSSR count). The first kappa shape index (κ1) is 24.6. The van der Waals surface area contributed by atoms with Gasteiger partial charge in [-0.1, -0.05) is 48.5 Å². The molecule has 0 spiro atoms. The Bertz CT molecular complexity index is 808. The summed E-state index contributed by atoms with van der Waals surface area (Å²) in [6.07, 6.45) is 3.27. The molecule has 0 atom stereocenters. The van der Waals surface area contributed by atoms with Crippen LogP contribution >= 0.6 is 45.3 Å². The molecule has 0 unspecified atom stereocenters. The summed E-state index contributed by atoms with van der Waals surface area (Å²) >= 11 is 1.58. The number of thiophene rings is 1. The van der Waals surface area contributed by atoms with Crippen molar-refractivity contribution >= 4 is 56.8 Å². The second-order valence-corrected chi connectivity index (χ2v) is 7.21. The highest BCUT2D eigenvalue weighted by molar-refractivity contribution is 8.93. The van der Waals surface area contributed by atoms with Crippen LogP contribution in [0.4, 0.5) is 5.69 Å². The molecule has 0 bridgehead atoms. The predicted molar refractivity (Wildman–Crippen MR) is 133 cm³/mol. The van der Waals surface area contributed by atoms with Gasteiger partial charge in [-0.15, -0.1) is 45.3 Å². The molecule has 0 saturated carbocycles. The molecule has 3 aromatic rings. The third-order valence-corrected chi connectivity index (χ3v) is 5.10. The lowest BCUT2D eigenvalue weighted by molar-refractivity contribution is 0.647. The van der Waals surface area contributed by atoms with Gasteiger partial charge in [-0.3, -0.25) is 5.41 Å². The van der Waals surface area contributed by atoms with Crippen LogP contribution in [-0.4, -0.2) is 18.9 Å². The quantitative estimate of drug-likeness (QED) is 0.180. The molecular weight excluding hydrogens is 498 g/mol. The summed E-state index contributed by atoms with van der Waals surface area (Å²) in [6.45, 7) is 2.01. The fraction of sp³-hybridized carbons (Fsp3) is 0.227. The van der Waals surface area contributed by atoms with Gasteiger partial charge in [0.25, 0.3) is 0 Å². The minimum atomic E-state index is 0. The van der Waals surface area contributed by atoms with E-state index in [4.69, 9.17) is 5.41 Å². The van der Waals surface area contributed by atoms with Crippen LogP contribution in [0.3, 0.4) is 0 Å². The van der Waals surface area contributed by atoms with Crippen LogP contribution in [0.1, 0.15) is 22.4 Å². The summed E-state index contributed by atoms with van der Waals surface area (Å²) in [4.78, 5) is 0.954. The molecule has 1 aromatic heterocycles. The molecule has 0 aliphatic carbocycles. The van der Waals surface area contributed by atoms with E-state index in [0.29, 0.717) is 5.84 Å². The topological polar surface area (TPSA) is 47.9 Å².